The molecule has 11 atom stereocenters. The lowest BCUT2D eigenvalue weighted by Crippen LogP contribution is -2.60. The second kappa shape index (κ2) is 18.8. The van der Waals surface area contributed by atoms with Crippen molar-refractivity contribution in [3.05, 3.63) is 59.8 Å². The minimum absolute atomic E-state index is 0.191. The monoisotopic (exact) mass is 636 g/mol. The van der Waals surface area contributed by atoms with E-state index in [4.69, 9.17) is 33.5 Å². The van der Waals surface area contributed by atoms with Gasteiger partial charge in [-0.15, -0.1) is 0 Å². The highest BCUT2D eigenvalue weighted by atomic mass is 17.2. The molecule has 0 aromatic rings. The summed E-state index contributed by atoms with van der Waals surface area (Å²) in [7, 11) is 2.98. The minimum Gasteiger partial charge on any atom is -0.458 e. The lowest BCUT2D eigenvalue weighted by molar-refractivity contribution is -0.343. The van der Waals surface area contributed by atoms with Gasteiger partial charge in [0.2, 0.25) is 0 Å². The molecule has 0 aromatic carbocycles. The van der Waals surface area contributed by atoms with Crippen molar-refractivity contribution in [1.29, 1.82) is 0 Å². The number of carbonyl (C=O) groups is 1. The molecule has 4 heterocycles. The van der Waals surface area contributed by atoms with Gasteiger partial charge in [0.15, 0.2) is 6.29 Å². The van der Waals surface area contributed by atoms with Gasteiger partial charge in [-0.25, -0.2) is 9.78 Å². The number of aliphatic hydroxyl groups is 3. The molecule has 3 N–H and O–H groups in total. The molecule has 0 aliphatic carbocycles. The number of fused-ring (bicyclic) bond motifs is 12. The summed E-state index contributed by atoms with van der Waals surface area (Å²) in [5, 5.41) is 31.1. The summed E-state index contributed by atoms with van der Waals surface area (Å²) in [6.45, 7) is 7.53. The zero-order valence-electron chi connectivity index (χ0n) is 27.3. The van der Waals surface area contributed by atoms with Crippen LogP contribution in [0.2, 0.25) is 0 Å². The third-order valence-electron chi connectivity index (χ3n) is 8.15. The Morgan fingerprint density at radius 1 is 1.07 bits per heavy atom. The number of carbonyl (C=O) groups excluding carboxylic acids is 1. The Labute approximate surface area is 267 Å². The fourth-order valence-corrected chi connectivity index (χ4v) is 5.73. The molecule has 11 unspecified atom stereocenters. The van der Waals surface area contributed by atoms with Crippen molar-refractivity contribution in [2.45, 2.75) is 121 Å². The molecule has 1 saturated heterocycles. The van der Waals surface area contributed by atoms with E-state index >= 15 is 0 Å². The number of hydrogen-bond acceptors (Lipinski definition) is 11. The third-order valence-corrected chi connectivity index (χ3v) is 8.15. The summed E-state index contributed by atoms with van der Waals surface area (Å²) < 4.78 is 28.8. The van der Waals surface area contributed by atoms with Crippen molar-refractivity contribution in [3.63, 3.8) is 0 Å². The predicted molar refractivity (Wildman–Crippen MR) is 167 cm³/mol. The van der Waals surface area contributed by atoms with E-state index < -0.39 is 61.6 Å². The quantitative estimate of drug-likeness (QED) is 0.204. The van der Waals surface area contributed by atoms with Gasteiger partial charge >= 0.3 is 5.97 Å². The molecule has 0 saturated carbocycles. The van der Waals surface area contributed by atoms with Crippen LogP contribution in [0, 0.1) is 5.92 Å². The smallest absolute Gasteiger partial charge is 0.309 e. The highest BCUT2D eigenvalue weighted by Gasteiger charge is 2.46. The average Bonchev–Trinajstić information content (AvgIpc) is 3.00. The predicted octanol–water partition coefficient (Wildman–Crippen LogP) is 3.63. The molecular weight excluding hydrogens is 584 g/mol. The Balaban J connectivity index is 1.91. The summed E-state index contributed by atoms with van der Waals surface area (Å²) in [6, 6.07) is 0. The van der Waals surface area contributed by atoms with Crippen molar-refractivity contribution in [1.82, 2.24) is 0 Å². The van der Waals surface area contributed by atoms with Crippen molar-refractivity contribution in [2.75, 3.05) is 20.8 Å². The van der Waals surface area contributed by atoms with E-state index in [0.717, 1.165) is 17.6 Å². The fraction of sp³-hybridized carbons (Fsp3) is 0.676. The normalized spacial score (nSPS) is 37.7. The lowest BCUT2D eigenvalue weighted by atomic mass is 9.96. The standard InChI is InChI=1S/C34H52O11/c1-7-8-10-21(2)16-27-18-26-14-13-25(44-45-26)17-22(3)15-23(4)28(39-5)12-9-11-24(19-30(36)41-27)42-34-32(38)33(40-6)31(37)29(20-35)43-34/h7-9,11,13-16,22,24-29,31-35,37-38H,10,12,17-20H2,1-6H3. The van der Waals surface area contributed by atoms with Gasteiger partial charge in [0, 0.05) is 20.6 Å². The summed E-state index contributed by atoms with van der Waals surface area (Å²) in [5.41, 5.74) is 2.07. The van der Waals surface area contributed by atoms with Gasteiger partial charge in [0.1, 0.15) is 42.7 Å². The lowest BCUT2D eigenvalue weighted by Gasteiger charge is -2.42. The van der Waals surface area contributed by atoms with E-state index in [2.05, 4.69) is 13.0 Å². The molecule has 0 aromatic heterocycles. The van der Waals surface area contributed by atoms with Crippen LogP contribution in [-0.4, -0.2) is 103 Å². The zero-order valence-corrected chi connectivity index (χ0v) is 27.3. The molecule has 4 aliphatic rings. The van der Waals surface area contributed by atoms with Crippen LogP contribution < -0.4 is 0 Å². The second-order valence-corrected chi connectivity index (χ2v) is 12.0. The number of esters is 1. The number of aliphatic hydroxyl groups excluding tert-OH is 3. The topological polar surface area (TPSA) is 142 Å². The number of allylic oxidation sites excluding steroid dienone is 4. The number of hydrogen-bond donors (Lipinski definition) is 3. The first-order chi connectivity index (χ1) is 21.6. The van der Waals surface area contributed by atoms with Crippen LogP contribution >= 0.6 is 0 Å². The summed E-state index contributed by atoms with van der Waals surface area (Å²) in [5.74, 6) is -0.347. The van der Waals surface area contributed by atoms with E-state index in [1.165, 1.54) is 7.11 Å². The largest absolute Gasteiger partial charge is 0.458 e. The maximum Gasteiger partial charge on any atom is 0.309 e. The van der Waals surface area contributed by atoms with Crippen LogP contribution in [0.3, 0.4) is 0 Å². The number of methoxy groups -OCH3 is 2. The number of rotatable bonds is 8. The zero-order chi connectivity index (χ0) is 32.9. The summed E-state index contributed by atoms with van der Waals surface area (Å²) in [4.78, 5) is 24.8. The van der Waals surface area contributed by atoms with Gasteiger partial charge in [-0.05, 0) is 57.6 Å². The molecule has 254 valence electrons. The molecule has 1 fully saturated rings. The van der Waals surface area contributed by atoms with Gasteiger partial charge in [-0.2, -0.15) is 0 Å². The van der Waals surface area contributed by atoms with Gasteiger partial charge in [0.05, 0.1) is 25.2 Å². The van der Waals surface area contributed by atoms with Crippen molar-refractivity contribution >= 4 is 5.97 Å². The van der Waals surface area contributed by atoms with E-state index in [0.29, 0.717) is 19.3 Å². The Morgan fingerprint density at radius 2 is 1.78 bits per heavy atom. The van der Waals surface area contributed by atoms with Crippen molar-refractivity contribution < 1.29 is 53.6 Å². The van der Waals surface area contributed by atoms with Crippen LogP contribution in [-0.2, 0) is 38.3 Å². The number of ether oxygens (including phenoxy) is 5. The molecule has 0 amide bonds. The minimum atomic E-state index is -1.38. The van der Waals surface area contributed by atoms with Gasteiger partial charge < -0.3 is 39.0 Å². The first kappa shape index (κ1) is 37.3. The van der Waals surface area contributed by atoms with Gasteiger partial charge in [-0.1, -0.05) is 55.0 Å². The molecule has 11 heteroatoms. The summed E-state index contributed by atoms with van der Waals surface area (Å²) >= 11 is 0. The summed E-state index contributed by atoms with van der Waals surface area (Å²) in [6.07, 6.45) is 9.26. The van der Waals surface area contributed by atoms with Crippen LogP contribution in [0.1, 0.15) is 59.8 Å². The van der Waals surface area contributed by atoms with E-state index in [1.54, 1.807) is 13.2 Å². The highest BCUT2D eigenvalue weighted by Crippen LogP contribution is 2.27. The Hall–Kier alpha value is -2.19. The third kappa shape index (κ3) is 11.5. The Morgan fingerprint density at radius 3 is 2.40 bits per heavy atom. The van der Waals surface area contributed by atoms with Gasteiger partial charge in [0.25, 0.3) is 0 Å². The van der Waals surface area contributed by atoms with E-state index in [1.807, 2.05) is 57.2 Å². The molecule has 11 nitrogen and oxygen atoms in total. The second-order valence-electron chi connectivity index (χ2n) is 12.0. The first-order valence-corrected chi connectivity index (χ1v) is 15.7. The van der Waals surface area contributed by atoms with Crippen molar-refractivity contribution in [2.24, 2.45) is 5.92 Å². The van der Waals surface area contributed by atoms with Gasteiger partial charge in [-0.3, -0.25) is 4.79 Å². The molecule has 2 bridgehead atoms. The molecule has 0 radical (unpaired) electrons. The van der Waals surface area contributed by atoms with Crippen LogP contribution in [0.5, 0.6) is 0 Å². The Kier molecular flexibility index (Phi) is 15.6. The highest BCUT2D eigenvalue weighted by molar-refractivity contribution is 5.70. The van der Waals surface area contributed by atoms with Crippen LogP contribution in [0.25, 0.3) is 0 Å². The SMILES string of the molecule is CC=CCC(C)=CC1CC2C=CC(CC(C)C=C(C)C(OC)CC=CC(OC3OC(CO)C(O)C(OC)C3O)CC(=O)O1)OO2. The Bertz CT molecular complexity index is 1070. The first-order valence-electron chi connectivity index (χ1n) is 15.7. The van der Waals surface area contributed by atoms with E-state index in [-0.39, 0.29) is 24.5 Å². The molecule has 45 heavy (non-hydrogen) atoms. The molecular formula is C34H52O11. The maximum absolute atomic E-state index is 13.4. The molecule has 4 aliphatic heterocycles. The fourth-order valence-electron chi connectivity index (χ4n) is 5.73. The van der Waals surface area contributed by atoms with Crippen LogP contribution in [0.15, 0.2) is 59.8 Å². The maximum atomic E-state index is 13.4. The van der Waals surface area contributed by atoms with Crippen molar-refractivity contribution in [3.8, 4) is 0 Å². The molecule has 4 rings (SSSR count). The molecule has 0 spiro atoms. The average molecular weight is 637 g/mol. The van der Waals surface area contributed by atoms with E-state index in [9.17, 15) is 20.1 Å². The van der Waals surface area contributed by atoms with Crippen LogP contribution in [0.4, 0.5) is 0 Å².